The van der Waals surface area contributed by atoms with Crippen molar-refractivity contribution in [3.8, 4) is 0 Å². The maximum absolute atomic E-state index is 11.4. The van der Waals surface area contributed by atoms with Crippen molar-refractivity contribution in [3.05, 3.63) is 35.4 Å². The van der Waals surface area contributed by atoms with Crippen LogP contribution in [0.1, 0.15) is 30.4 Å². The molecule has 1 aromatic rings. The fraction of sp³-hybridized carbons (Fsp3) is 0.562. The molecule has 0 saturated heterocycles. The van der Waals surface area contributed by atoms with E-state index in [0.29, 0.717) is 5.92 Å². The van der Waals surface area contributed by atoms with Crippen LogP contribution >= 0.6 is 0 Å². The molecule has 0 aromatic heterocycles. The molecular formula is C16H23NO2. The molecule has 3 atom stereocenters. The van der Waals surface area contributed by atoms with E-state index in [-0.39, 0.29) is 11.8 Å². The van der Waals surface area contributed by atoms with E-state index in [2.05, 4.69) is 37.2 Å². The van der Waals surface area contributed by atoms with Gasteiger partial charge in [0.05, 0.1) is 5.92 Å². The van der Waals surface area contributed by atoms with E-state index < -0.39 is 5.97 Å². The van der Waals surface area contributed by atoms with Gasteiger partial charge in [0, 0.05) is 5.92 Å². The zero-order valence-corrected chi connectivity index (χ0v) is 12.0. The van der Waals surface area contributed by atoms with Gasteiger partial charge in [0.2, 0.25) is 0 Å². The Morgan fingerprint density at radius 3 is 2.74 bits per heavy atom. The van der Waals surface area contributed by atoms with Gasteiger partial charge in [0.1, 0.15) is 0 Å². The van der Waals surface area contributed by atoms with E-state index >= 15 is 0 Å². The Morgan fingerprint density at radius 1 is 1.42 bits per heavy atom. The average molecular weight is 261 g/mol. The van der Waals surface area contributed by atoms with Gasteiger partial charge in [-0.15, -0.1) is 0 Å². The largest absolute Gasteiger partial charge is 0.481 e. The fourth-order valence-corrected chi connectivity index (χ4v) is 3.25. The van der Waals surface area contributed by atoms with Crippen LogP contribution in [0.15, 0.2) is 24.3 Å². The number of benzene rings is 1. The second-order valence-corrected chi connectivity index (χ2v) is 5.91. The molecule has 2 rings (SSSR count). The van der Waals surface area contributed by atoms with Crippen LogP contribution in [0.2, 0.25) is 0 Å². The lowest BCUT2D eigenvalue weighted by Crippen LogP contribution is -2.25. The van der Waals surface area contributed by atoms with Crippen molar-refractivity contribution in [2.45, 2.75) is 25.7 Å². The first-order valence-corrected chi connectivity index (χ1v) is 6.96. The van der Waals surface area contributed by atoms with Gasteiger partial charge in [-0.3, -0.25) is 4.79 Å². The summed E-state index contributed by atoms with van der Waals surface area (Å²) < 4.78 is 0. The Balaban J connectivity index is 2.23. The summed E-state index contributed by atoms with van der Waals surface area (Å²) in [5, 5.41) is 9.35. The Labute approximate surface area is 115 Å². The van der Waals surface area contributed by atoms with Gasteiger partial charge >= 0.3 is 5.97 Å². The molecule has 0 spiro atoms. The number of hydrogen-bond acceptors (Lipinski definition) is 2. The van der Waals surface area contributed by atoms with Crippen LogP contribution in [0, 0.1) is 11.8 Å². The number of carbonyl (C=O) groups is 1. The van der Waals surface area contributed by atoms with Crippen LogP contribution in [0.5, 0.6) is 0 Å². The average Bonchev–Trinajstić information content (AvgIpc) is 2.73. The molecule has 1 aliphatic carbocycles. The molecule has 0 aliphatic heterocycles. The first-order valence-electron chi connectivity index (χ1n) is 6.96. The number of fused-ring (bicyclic) bond motifs is 1. The lowest BCUT2D eigenvalue weighted by molar-refractivity contribution is -0.142. The zero-order chi connectivity index (χ0) is 14.0. The second-order valence-electron chi connectivity index (χ2n) is 5.91. The van der Waals surface area contributed by atoms with Gasteiger partial charge in [0.25, 0.3) is 0 Å². The highest BCUT2D eigenvalue weighted by Crippen LogP contribution is 2.44. The fourth-order valence-electron chi connectivity index (χ4n) is 3.25. The molecular weight excluding hydrogens is 238 g/mol. The summed E-state index contributed by atoms with van der Waals surface area (Å²) in [5.74, 6) is -0.382. The summed E-state index contributed by atoms with van der Waals surface area (Å²) >= 11 is 0. The maximum Gasteiger partial charge on any atom is 0.306 e. The van der Waals surface area contributed by atoms with E-state index in [1.807, 2.05) is 13.0 Å². The van der Waals surface area contributed by atoms with Crippen LogP contribution in [0.4, 0.5) is 0 Å². The number of carboxylic acid groups (broad SMARTS) is 1. The molecule has 1 aliphatic rings. The molecule has 0 bridgehead atoms. The standard InChI is InChI=1S/C16H23NO2/c1-11(16(18)19)15-13(8-9-17(2)3)10-12-6-4-5-7-14(12)15/h4-7,11,13,15H,8-10H2,1-3H3,(H,18,19). The van der Waals surface area contributed by atoms with Crippen LogP contribution < -0.4 is 0 Å². The van der Waals surface area contributed by atoms with Gasteiger partial charge in [-0.05, 0) is 50.5 Å². The monoisotopic (exact) mass is 261 g/mol. The smallest absolute Gasteiger partial charge is 0.306 e. The van der Waals surface area contributed by atoms with Crippen molar-refractivity contribution in [3.63, 3.8) is 0 Å². The molecule has 0 radical (unpaired) electrons. The van der Waals surface area contributed by atoms with Crippen LogP contribution in [0.3, 0.4) is 0 Å². The molecule has 104 valence electrons. The normalized spacial score (nSPS) is 23.4. The Hall–Kier alpha value is -1.35. The molecule has 3 unspecified atom stereocenters. The van der Waals surface area contributed by atoms with Gasteiger partial charge in [-0.25, -0.2) is 0 Å². The summed E-state index contributed by atoms with van der Waals surface area (Å²) in [5.41, 5.74) is 2.59. The highest BCUT2D eigenvalue weighted by Gasteiger charge is 2.38. The number of aliphatic carboxylic acids is 1. The highest BCUT2D eigenvalue weighted by atomic mass is 16.4. The topological polar surface area (TPSA) is 40.5 Å². The van der Waals surface area contributed by atoms with Crippen molar-refractivity contribution < 1.29 is 9.90 Å². The predicted molar refractivity (Wildman–Crippen MR) is 76.3 cm³/mol. The second kappa shape index (κ2) is 5.74. The Morgan fingerprint density at radius 2 is 2.11 bits per heavy atom. The van der Waals surface area contributed by atoms with Crippen molar-refractivity contribution in [2.75, 3.05) is 20.6 Å². The first-order chi connectivity index (χ1) is 9.00. The summed E-state index contributed by atoms with van der Waals surface area (Å²) in [6.07, 6.45) is 2.08. The van der Waals surface area contributed by atoms with Gasteiger partial charge < -0.3 is 10.0 Å². The third-order valence-electron chi connectivity index (χ3n) is 4.28. The lowest BCUT2D eigenvalue weighted by Gasteiger charge is -2.25. The van der Waals surface area contributed by atoms with Crippen molar-refractivity contribution >= 4 is 5.97 Å². The van der Waals surface area contributed by atoms with Gasteiger partial charge in [-0.1, -0.05) is 31.2 Å². The number of rotatable bonds is 5. The summed E-state index contributed by atoms with van der Waals surface area (Å²) in [6.45, 7) is 2.86. The molecule has 3 nitrogen and oxygen atoms in total. The molecule has 1 aromatic carbocycles. The molecule has 19 heavy (non-hydrogen) atoms. The quantitative estimate of drug-likeness (QED) is 0.885. The maximum atomic E-state index is 11.4. The third-order valence-corrected chi connectivity index (χ3v) is 4.28. The minimum atomic E-state index is -0.684. The minimum Gasteiger partial charge on any atom is -0.481 e. The third kappa shape index (κ3) is 2.98. The highest BCUT2D eigenvalue weighted by molar-refractivity contribution is 5.71. The van der Waals surface area contributed by atoms with Gasteiger partial charge in [0.15, 0.2) is 0 Å². The Bertz CT molecular complexity index is 456. The molecule has 0 fully saturated rings. The van der Waals surface area contributed by atoms with E-state index in [1.165, 1.54) is 11.1 Å². The van der Waals surface area contributed by atoms with Crippen molar-refractivity contribution in [1.29, 1.82) is 0 Å². The summed E-state index contributed by atoms with van der Waals surface area (Å²) in [6, 6.07) is 8.33. The van der Waals surface area contributed by atoms with Crippen LogP contribution in [-0.4, -0.2) is 36.6 Å². The summed E-state index contributed by atoms with van der Waals surface area (Å²) in [7, 11) is 4.13. The van der Waals surface area contributed by atoms with Gasteiger partial charge in [-0.2, -0.15) is 0 Å². The SMILES string of the molecule is CC(C(=O)O)C1c2ccccc2CC1CCN(C)C. The van der Waals surface area contributed by atoms with Crippen LogP contribution in [0.25, 0.3) is 0 Å². The number of hydrogen-bond donors (Lipinski definition) is 1. The number of nitrogens with zero attached hydrogens (tertiary/aromatic N) is 1. The summed E-state index contributed by atoms with van der Waals surface area (Å²) in [4.78, 5) is 13.5. The van der Waals surface area contributed by atoms with E-state index in [0.717, 1.165) is 19.4 Å². The van der Waals surface area contributed by atoms with E-state index in [4.69, 9.17) is 0 Å². The lowest BCUT2D eigenvalue weighted by atomic mass is 9.80. The molecule has 3 heteroatoms. The molecule has 0 heterocycles. The van der Waals surface area contributed by atoms with Crippen molar-refractivity contribution in [2.24, 2.45) is 11.8 Å². The number of carboxylic acids is 1. The van der Waals surface area contributed by atoms with E-state index in [9.17, 15) is 9.90 Å². The molecule has 1 N–H and O–H groups in total. The zero-order valence-electron chi connectivity index (χ0n) is 12.0. The molecule has 0 saturated carbocycles. The first kappa shape index (κ1) is 14.1. The van der Waals surface area contributed by atoms with E-state index in [1.54, 1.807) is 0 Å². The predicted octanol–water partition coefficient (Wildman–Crippen LogP) is 2.61. The Kier molecular flexibility index (Phi) is 4.25. The van der Waals surface area contributed by atoms with Crippen LogP contribution in [-0.2, 0) is 11.2 Å². The minimum absolute atomic E-state index is 0.161. The molecule has 0 amide bonds. The van der Waals surface area contributed by atoms with Crippen molar-refractivity contribution in [1.82, 2.24) is 4.90 Å².